The minimum atomic E-state index is -1.09. The first-order chi connectivity index (χ1) is 7.59. The van der Waals surface area contributed by atoms with E-state index in [1.165, 1.54) is 6.92 Å². The summed E-state index contributed by atoms with van der Waals surface area (Å²) in [4.78, 5) is 10.4. The molecular weight excluding hydrogens is 226 g/mol. The molecule has 0 aromatic heterocycles. The number of anilines is 1. The molecule has 0 amide bonds. The Hall–Kier alpha value is -1.95. The fraction of sp³-hybridized carbons (Fsp3) is 0.100. The van der Waals surface area contributed by atoms with Gasteiger partial charge in [-0.3, -0.25) is 5.43 Å². The van der Waals surface area contributed by atoms with Gasteiger partial charge in [-0.2, -0.15) is 5.10 Å². The molecule has 0 heterocycles. The Morgan fingerprint density at radius 2 is 2.00 bits per heavy atom. The van der Waals surface area contributed by atoms with Crippen LogP contribution in [-0.4, -0.2) is 21.9 Å². The van der Waals surface area contributed by atoms with Crippen molar-refractivity contribution in [2.75, 3.05) is 5.32 Å². The van der Waals surface area contributed by atoms with Crippen LogP contribution in [0.4, 0.5) is 5.69 Å². The monoisotopic (exact) mass is 237 g/mol. The fourth-order valence-electron chi connectivity index (χ4n) is 0.863. The number of hydrogen-bond donors (Lipinski definition) is 3. The number of benzene rings is 1. The van der Waals surface area contributed by atoms with Crippen LogP contribution in [-0.2, 0) is 4.79 Å². The van der Waals surface area contributed by atoms with Crippen LogP contribution in [0.1, 0.15) is 6.92 Å². The summed E-state index contributed by atoms with van der Waals surface area (Å²) in [6, 6.07) is 9.27. The Morgan fingerprint density at radius 3 is 2.56 bits per heavy atom. The van der Waals surface area contributed by atoms with Gasteiger partial charge in [-0.25, -0.2) is 4.79 Å². The maximum Gasteiger partial charge on any atom is 0.351 e. The van der Waals surface area contributed by atoms with Gasteiger partial charge in [0.15, 0.2) is 5.11 Å². The molecule has 16 heavy (non-hydrogen) atoms. The van der Waals surface area contributed by atoms with Gasteiger partial charge in [-0.1, -0.05) is 18.2 Å². The molecule has 3 N–H and O–H groups in total. The van der Waals surface area contributed by atoms with Gasteiger partial charge in [0, 0.05) is 5.69 Å². The first kappa shape index (κ1) is 12.1. The Kier molecular flexibility index (Phi) is 4.41. The molecule has 5 nitrogen and oxygen atoms in total. The molecular formula is C10H11N3O2S. The van der Waals surface area contributed by atoms with E-state index in [9.17, 15) is 4.79 Å². The molecule has 0 unspecified atom stereocenters. The molecule has 0 bridgehead atoms. The Labute approximate surface area is 98.2 Å². The van der Waals surface area contributed by atoms with Crippen LogP contribution in [0.3, 0.4) is 0 Å². The minimum absolute atomic E-state index is 0.0581. The highest BCUT2D eigenvalue weighted by Gasteiger charge is 2.01. The average Bonchev–Trinajstić information content (AvgIpc) is 2.27. The summed E-state index contributed by atoms with van der Waals surface area (Å²) < 4.78 is 0. The number of carboxylic acids is 1. The van der Waals surface area contributed by atoms with Crippen LogP contribution in [0.25, 0.3) is 0 Å². The van der Waals surface area contributed by atoms with E-state index in [2.05, 4.69) is 15.8 Å². The topological polar surface area (TPSA) is 73.7 Å². The predicted molar refractivity (Wildman–Crippen MR) is 66.5 cm³/mol. The normalized spacial score (nSPS) is 10.7. The van der Waals surface area contributed by atoms with Crippen LogP contribution in [0.5, 0.6) is 0 Å². The molecule has 84 valence electrons. The number of nitrogens with zero attached hydrogens (tertiary/aromatic N) is 1. The summed E-state index contributed by atoms with van der Waals surface area (Å²) in [6.07, 6.45) is 0. The summed E-state index contributed by atoms with van der Waals surface area (Å²) in [5, 5.41) is 15.2. The number of nitrogens with one attached hydrogen (secondary N) is 2. The highest BCUT2D eigenvalue weighted by molar-refractivity contribution is 7.80. The highest BCUT2D eigenvalue weighted by Crippen LogP contribution is 2.04. The third kappa shape index (κ3) is 4.05. The van der Waals surface area contributed by atoms with E-state index in [1.807, 2.05) is 30.3 Å². The van der Waals surface area contributed by atoms with Gasteiger partial charge in [0.25, 0.3) is 0 Å². The van der Waals surface area contributed by atoms with Crippen molar-refractivity contribution in [2.45, 2.75) is 6.92 Å². The molecule has 6 heteroatoms. The van der Waals surface area contributed by atoms with E-state index in [1.54, 1.807) is 0 Å². The standard InChI is InChI=1S/C10H11N3O2S/c1-7(9(14)15)12-13-10(16)11-8-5-3-2-4-6-8/h2-6H,1H3,(H,14,15)(H2,11,13,16)/b12-7+. The lowest BCUT2D eigenvalue weighted by Crippen LogP contribution is -2.26. The van der Waals surface area contributed by atoms with Crippen molar-refractivity contribution in [3.63, 3.8) is 0 Å². The molecule has 1 aromatic carbocycles. The SMILES string of the molecule is C/C(=N\NC(=S)Nc1ccccc1)C(=O)O. The molecule has 0 aliphatic carbocycles. The van der Waals surface area contributed by atoms with Gasteiger partial charge in [-0.15, -0.1) is 0 Å². The lowest BCUT2D eigenvalue weighted by Gasteiger charge is -2.06. The zero-order valence-corrected chi connectivity index (χ0v) is 9.41. The largest absolute Gasteiger partial charge is 0.477 e. The van der Waals surface area contributed by atoms with Crippen molar-refractivity contribution in [1.82, 2.24) is 5.43 Å². The molecule has 0 radical (unpaired) electrons. The fourth-order valence-corrected chi connectivity index (χ4v) is 1.03. The quantitative estimate of drug-likeness (QED) is 0.421. The van der Waals surface area contributed by atoms with E-state index in [4.69, 9.17) is 17.3 Å². The number of carbonyl (C=O) groups is 1. The molecule has 0 spiro atoms. The Bertz CT molecular complexity index is 417. The summed E-state index contributed by atoms with van der Waals surface area (Å²) >= 11 is 4.92. The van der Waals surface area contributed by atoms with Crippen molar-refractivity contribution in [2.24, 2.45) is 5.10 Å². The summed E-state index contributed by atoms with van der Waals surface area (Å²) in [5.41, 5.74) is 3.19. The van der Waals surface area contributed by atoms with E-state index in [-0.39, 0.29) is 10.8 Å². The Balaban J connectivity index is 2.49. The van der Waals surface area contributed by atoms with Gasteiger partial charge in [0.1, 0.15) is 5.71 Å². The average molecular weight is 237 g/mol. The molecule has 0 atom stereocenters. The molecule has 1 aromatic rings. The van der Waals surface area contributed by atoms with Crippen LogP contribution in [0.15, 0.2) is 35.4 Å². The lowest BCUT2D eigenvalue weighted by atomic mass is 10.3. The predicted octanol–water partition coefficient (Wildman–Crippen LogP) is 1.43. The van der Waals surface area contributed by atoms with Crippen molar-refractivity contribution >= 4 is 34.7 Å². The van der Waals surface area contributed by atoms with Crippen molar-refractivity contribution in [3.8, 4) is 0 Å². The number of hydrogen-bond acceptors (Lipinski definition) is 3. The van der Waals surface area contributed by atoms with Gasteiger partial charge in [-0.05, 0) is 31.3 Å². The van der Waals surface area contributed by atoms with Crippen LogP contribution in [0, 0.1) is 0 Å². The van der Waals surface area contributed by atoms with Gasteiger partial charge in [0.05, 0.1) is 0 Å². The van der Waals surface area contributed by atoms with Crippen LogP contribution in [0.2, 0.25) is 0 Å². The van der Waals surface area contributed by atoms with Gasteiger partial charge >= 0.3 is 5.97 Å². The summed E-state index contributed by atoms with van der Waals surface area (Å²) in [6.45, 7) is 1.38. The van der Waals surface area contributed by atoms with E-state index in [0.717, 1.165) is 5.69 Å². The van der Waals surface area contributed by atoms with E-state index in [0.29, 0.717) is 0 Å². The number of rotatable bonds is 3. The zero-order chi connectivity index (χ0) is 12.0. The molecule has 0 aliphatic heterocycles. The number of thiocarbonyl (C=S) groups is 1. The number of carboxylic acid groups (broad SMARTS) is 1. The number of hydrazone groups is 1. The van der Waals surface area contributed by atoms with Crippen LogP contribution >= 0.6 is 12.2 Å². The minimum Gasteiger partial charge on any atom is -0.477 e. The maximum atomic E-state index is 10.4. The summed E-state index contributed by atoms with van der Waals surface area (Å²) in [5.74, 6) is -1.09. The van der Waals surface area contributed by atoms with Gasteiger partial charge < -0.3 is 10.4 Å². The third-order valence-corrected chi connectivity index (χ3v) is 1.86. The first-order valence-corrected chi connectivity index (χ1v) is 4.90. The van der Waals surface area contributed by atoms with Crippen molar-refractivity contribution in [3.05, 3.63) is 30.3 Å². The van der Waals surface area contributed by atoms with Crippen LogP contribution < -0.4 is 10.7 Å². The number of para-hydroxylation sites is 1. The zero-order valence-electron chi connectivity index (χ0n) is 8.60. The van der Waals surface area contributed by atoms with E-state index < -0.39 is 5.97 Å². The summed E-state index contributed by atoms with van der Waals surface area (Å²) in [7, 11) is 0. The smallest absolute Gasteiger partial charge is 0.351 e. The van der Waals surface area contributed by atoms with E-state index >= 15 is 0 Å². The molecule has 0 aliphatic rings. The second-order valence-corrected chi connectivity index (χ2v) is 3.34. The maximum absolute atomic E-state index is 10.4. The first-order valence-electron chi connectivity index (χ1n) is 4.49. The second-order valence-electron chi connectivity index (χ2n) is 2.93. The van der Waals surface area contributed by atoms with Crippen molar-refractivity contribution in [1.29, 1.82) is 0 Å². The third-order valence-electron chi connectivity index (χ3n) is 1.67. The Morgan fingerprint density at radius 1 is 1.38 bits per heavy atom. The number of aliphatic carboxylic acids is 1. The van der Waals surface area contributed by atoms with Gasteiger partial charge in [0.2, 0.25) is 0 Å². The molecule has 0 fully saturated rings. The molecule has 0 saturated carbocycles. The van der Waals surface area contributed by atoms with Crippen molar-refractivity contribution < 1.29 is 9.90 Å². The molecule has 1 rings (SSSR count). The highest BCUT2D eigenvalue weighted by atomic mass is 32.1. The molecule has 0 saturated heterocycles. The lowest BCUT2D eigenvalue weighted by molar-refractivity contribution is -0.129. The second kappa shape index (κ2) is 5.82.